The lowest BCUT2D eigenvalue weighted by Crippen LogP contribution is -2.49. The lowest BCUT2D eigenvalue weighted by Gasteiger charge is -2.37. The number of nitrogens with one attached hydrogen (secondary N) is 2. The van der Waals surface area contributed by atoms with Crippen LogP contribution in [0, 0.1) is 0 Å². The van der Waals surface area contributed by atoms with E-state index in [9.17, 15) is 4.79 Å². The second kappa shape index (κ2) is 11.1. The standard InChI is InChI=1S/C23H31N5OS.C2H6/c1-15(2)27-9-11-28(12-10-27)21-8-5-17-18(26-21)6-7-19-22(17)23(20(14-29)30-19)25-13-16(3)24-4;1-2/h5-8,14-16,24-25H,9-13H2,1-4H3;1-2H3/t16-;/m1./s1. The van der Waals surface area contributed by atoms with Crippen molar-refractivity contribution < 1.29 is 4.79 Å². The van der Waals surface area contributed by atoms with E-state index in [0.717, 1.165) is 76.4 Å². The van der Waals surface area contributed by atoms with Crippen molar-refractivity contribution in [2.75, 3.05) is 50.0 Å². The molecule has 2 aromatic heterocycles. The van der Waals surface area contributed by atoms with Crippen LogP contribution in [-0.4, -0.2) is 68.0 Å². The van der Waals surface area contributed by atoms with Crippen LogP contribution in [0.2, 0.25) is 0 Å². The number of carbonyl (C=O) groups excluding carboxylic acids is 1. The van der Waals surface area contributed by atoms with E-state index in [0.29, 0.717) is 12.1 Å². The quantitative estimate of drug-likeness (QED) is 0.497. The molecule has 1 aliphatic rings. The molecule has 1 atom stereocenters. The molecule has 1 aliphatic heterocycles. The van der Waals surface area contributed by atoms with Gasteiger partial charge in [-0.25, -0.2) is 4.98 Å². The molecule has 174 valence electrons. The second-order valence-corrected chi connectivity index (χ2v) is 9.41. The van der Waals surface area contributed by atoms with Crippen molar-refractivity contribution in [3.05, 3.63) is 29.1 Å². The van der Waals surface area contributed by atoms with Crippen LogP contribution in [-0.2, 0) is 0 Å². The van der Waals surface area contributed by atoms with E-state index < -0.39 is 0 Å². The normalized spacial score (nSPS) is 15.7. The summed E-state index contributed by atoms with van der Waals surface area (Å²) in [7, 11) is 1.94. The number of benzene rings is 1. The highest BCUT2D eigenvalue weighted by Crippen LogP contribution is 2.39. The zero-order valence-corrected chi connectivity index (χ0v) is 21.1. The zero-order valence-electron chi connectivity index (χ0n) is 20.2. The van der Waals surface area contributed by atoms with Crippen LogP contribution < -0.4 is 15.5 Å². The van der Waals surface area contributed by atoms with Crippen LogP contribution in [0.3, 0.4) is 0 Å². The van der Waals surface area contributed by atoms with E-state index in [4.69, 9.17) is 4.98 Å². The number of hydrogen-bond donors (Lipinski definition) is 2. The molecule has 1 saturated heterocycles. The highest BCUT2D eigenvalue weighted by Gasteiger charge is 2.21. The zero-order chi connectivity index (χ0) is 23.3. The molecule has 0 radical (unpaired) electrons. The Bertz CT molecular complexity index is 1040. The Morgan fingerprint density at radius 2 is 1.81 bits per heavy atom. The Balaban J connectivity index is 0.00000141. The Labute approximate surface area is 196 Å². The average molecular weight is 456 g/mol. The number of hydrogen-bond acceptors (Lipinski definition) is 7. The topological polar surface area (TPSA) is 60.5 Å². The summed E-state index contributed by atoms with van der Waals surface area (Å²) >= 11 is 1.54. The van der Waals surface area contributed by atoms with Crippen LogP contribution in [0.15, 0.2) is 24.3 Å². The molecule has 0 spiro atoms. The first-order valence-electron chi connectivity index (χ1n) is 11.7. The molecule has 0 aliphatic carbocycles. The summed E-state index contributed by atoms with van der Waals surface area (Å²) in [6, 6.07) is 9.37. The highest BCUT2D eigenvalue weighted by atomic mass is 32.1. The first-order valence-corrected chi connectivity index (χ1v) is 12.5. The Morgan fingerprint density at radius 1 is 1.09 bits per heavy atom. The molecule has 32 heavy (non-hydrogen) atoms. The van der Waals surface area contributed by atoms with Gasteiger partial charge in [0.25, 0.3) is 0 Å². The fourth-order valence-corrected chi connectivity index (χ4v) is 5.08. The van der Waals surface area contributed by atoms with Gasteiger partial charge in [-0.2, -0.15) is 0 Å². The first kappa shape index (κ1) is 24.4. The van der Waals surface area contributed by atoms with E-state index in [1.165, 1.54) is 11.3 Å². The minimum absolute atomic E-state index is 0.309. The maximum Gasteiger partial charge on any atom is 0.162 e. The van der Waals surface area contributed by atoms with Gasteiger partial charge in [0.2, 0.25) is 0 Å². The van der Waals surface area contributed by atoms with Crippen molar-refractivity contribution in [1.29, 1.82) is 0 Å². The summed E-state index contributed by atoms with van der Waals surface area (Å²) in [5, 5.41) is 8.93. The SMILES string of the molecule is CC.CN[C@H](C)CNc1c(C=O)sc2ccc3nc(N4CCN(C(C)C)CC4)ccc3c12. The molecule has 0 unspecified atom stereocenters. The van der Waals surface area contributed by atoms with Crippen molar-refractivity contribution in [2.45, 2.75) is 46.7 Å². The lowest BCUT2D eigenvalue weighted by molar-refractivity contribution is 0.112. The number of aldehydes is 1. The summed E-state index contributed by atoms with van der Waals surface area (Å²) in [5.74, 6) is 1.04. The third-order valence-electron chi connectivity index (χ3n) is 6.09. The van der Waals surface area contributed by atoms with Gasteiger partial charge in [0.15, 0.2) is 6.29 Å². The van der Waals surface area contributed by atoms with Crippen molar-refractivity contribution >= 4 is 50.1 Å². The predicted octanol–water partition coefficient (Wildman–Crippen LogP) is 4.84. The third kappa shape index (κ3) is 5.05. The van der Waals surface area contributed by atoms with Gasteiger partial charge in [0.05, 0.1) is 16.1 Å². The number of thiophene rings is 1. The lowest BCUT2D eigenvalue weighted by atomic mass is 10.1. The largest absolute Gasteiger partial charge is 0.382 e. The van der Waals surface area contributed by atoms with Crippen LogP contribution in [0.5, 0.6) is 0 Å². The van der Waals surface area contributed by atoms with Crippen LogP contribution in [0.4, 0.5) is 11.5 Å². The Hall–Kier alpha value is -2.22. The molecule has 0 amide bonds. The molecular weight excluding hydrogens is 418 g/mol. The fourth-order valence-electron chi connectivity index (χ4n) is 4.07. The Kier molecular flexibility index (Phi) is 8.45. The number of fused-ring (bicyclic) bond motifs is 3. The molecule has 3 heterocycles. The van der Waals surface area contributed by atoms with Crippen molar-refractivity contribution in [2.24, 2.45) is 0 Å². The number of carbonyl (C=O) groups is 1. The van der Waals surface area contributed by atoms with E-state index in [2.05, 4.69) is 65.5 Å². The van der Waals surface area contributed by atoms with Gasteiger partial charge in [-0.3, -0.25) is 9.69 Å². The summed E-state index contributed by atoms with van der Waals surface area (Å²) in [6.45, 7) is 15.5. The van der Waals surface area contributed by atoms with Crippen LogP contribution in [0.25, 0.3) is 21.0 Å². The molecule has 0 bridgehead atoms. The number of pyridine rings is 1. The van der Waals surface area contributed by atoms with Crippen LogP contribution in [0.1, 0.15) is 44.3 Å². The van der Waals surface area contributed by atoms with Crippen molar-refractivity contribution in [3.8, 4) is 0 Å². The number of likely N-dealkylation sites (N-methyl/N-ethyl adjacent to an activating group) is 1. The average Bonchev–Trinajstić information content (AvgIpc) is 3.21. The number of anilines is 2. The van der Waals surface area contributed by atoms with Gasteiger partial charge in [-0.1, -0.05) is 13.8 Å². The summed E-state index contributed by atoms with van der Waals surface area (Å²) in [6.07, 6.45) is 0.957. The smallest absolute Gasteiger partial charge is 0.162 e. The second-order valence-electron chi connectivity index (χ2n) is 8.32. The maximum absolute atomic E-state index is 11.7. The van der Waals surface area contributed by atoms with Crippen molar-refractivity contribution in [1.82, 2.24) is 15.2 Å². The molecule has 6 nitrogen and oxygen atoms in total. The van der Waals surface area contributed by atoms with Crippen molar-refractivity contribution in [3.63, 3.8) is 0 Å². The van der Waals surface area contributed by atoms with E-state index in [1.54, 1.807) is 0 Å². The van der Waals surface area contributed by atoms with Crippen LogP contribution >= 0.6 is 11.3 Å². The Morgan fingerprint density at radius 3 is 2.44 bits per heavy atom. The number of rotatable bonds is 7. The molecule has 7 heteroatoms. The molecule has 4 rings (SSSR count). The third-order valence-corrected chi connectivity index (χ3v) is 7.17. The molecule has 2 N–H and O–H groups in total. The van der Waals surface area contributed by atoms with Gasteiger partial charge < -0.3 is 15.5 Å². The molecule has 3 aromatic rings. The first-order chi connectivity index (χ1) is 15.5. The monoisotopic (exact) mass is 455 g/mol. The van der Waals surface area contributed by atoms with E-state index in [-0.39, 0.29) is 0 Å². The molecule has 0 saturated carbocycles. The van der Waals surface area contributed by atoms with Gasteiger partial charge in [-0.05, 0) is 52.1 Å². The molecule has 1 aromatic carbocycles. The minimum Gasteiger partial charge on any atom is -0.382 e. The number of aromatic nitrogens is 1. The molecule has 1 fully saturated rings. The minimum atomic E-state index is 0.309. The fraction of sp³-hybridized carbons (Fsp3) is 0.520. The number of nitrogens with zero attached hydrogens (tertiary/aromatic N) is 3. The van der Waals surface area contributed by atoms with Gasteiger partial charge in [0.1, 0.15) is 5.82 Å². The van der Waals surface area contributed by atoms with Gasteiger partial charge in [0, 0.05) is 60.3 Å². The summed E-state index contributed by atoms with van der Waals surface area (Å²) < 4.78 is 1.12. The summed E-state index contributed by atoms with van der Waals surface area (Å²) in [4.78, 5) is 22.3. The highest BCUT2D eigenvalue weighted by molar-refractivity contribution is 7.21. The van der Waals surface area contributed by atoms with E-state index in [1.807, 2.05) is 20.9 Å². The summed E-state index contributed by atoms with van der Waals surface area (Å²) in [5.41, 5.74) is 1.91. The van der Waals surface area contributed by atoms with Gasteiger partial charge >= 0.3 is 0 Å². The molecular formula is C25H37N5OS. The van der Waals surface area contributed by atoms with E-state index >= 15 is 0 Å². The van der Waals surface area contributed by atoms with Gasteiger partial charge in [-0.15, -0.1) is 11.3 Å². The maximum atomic E-state index is 11.7. The predicted molar refractivity (Wildman–Crippen MR) is 140 cm³/mol. The number of piperazine rings is 1.